The van der Waals surface area contributed by atoms with Crippen LogP contribution < -0.4 is 5.32 Å². The highest BCUT2D eigenvalue weighted by Gasteiger charge is 2.16. The van der Waals surface area contributed by atoms with Crippen LogP contribution in [0.2, 0.25) is 0 Å². The molecular formula is C19H29N3O4. The van der Waals surface area contributed by atoms with Crippen molar-refractivity contribution in [3.05, 3.63) is 35.9 Å². The lowest BCUT2D eigenvalue weighted by molar-refractivity contribution is -0.138. The summed E-state index contributed by atoms with van der Waals surface area (Å²) >= 11 is 0. The Morgan fingerprint density at radius 1 is 1.12 bits per heavy atom. The molecule has 0 fully saturated rings. The van der Waals surface area contributed by atoms with Gasteiger partial charge in [0.15, 0.2) is 0 Å². The van der Waals surface area contributed by atoms with Crippen molar-refractivity contribution in [2.75, 3.05) is 26.7 Å². The van der Waals surface area contributed by atoms with E-state index in [-0.39, 0.29) is 43.8 Å². The summed E-state index contributed by atoms with van der Waals surface area (Å²) in [5.74, 6) is -0.826. The molecule has 1 aromatic carbocycles. The first-order valence-electron chi connectivity index (χ1n) is 8.82. The highest BCUT2D eigenvalue weighted by molar-refractivity contribution is 5.79. The molecule has 2 N–H and O–H groups in total. The molecule has 0 aliphatic heterocycles. The molecule has 7 nitrogen and oxygen atoms in total. The van der Waals surface area contributed by atoms with Crippen molar-refractivity contribution in [2.24, 2.45) is 5.92 Å². The van der Waals surface area contributed by atoms with Crippen LogP contribution in [0.15, 0.2) is 30.3 Å². The van der Waals surface area contributed by atoms with E-state index in [0.717, 1.165) is 5.56 Å². The minimum Gasteiger partial charge on any atom is -0.481 e. The van der Waals surface area contributed by atoms with Gasteiger partial charge in [-0.05, 0) is 11.5 Å². The van der Waals surface area contributed by atoms with E-state index in [1.165, 1.54) is 0 Å². The third-order valence-corrected chi connectivity index (χ3v) is 3.76. The smallest absolute Gasteiger partial charge is 0.317 e. The van der Waals surface area contributed by atoms with Crippen LogP contribution in [0, 0.1) is 5.92 Å². The number of hydrogen-bond acceptors (Lipinski definition) is 3. The second-order valence-corrected chi connectivity index (χ2v) is 6.70. The average molecular weight is 363 g/mol. The summed E-state index contributed by atoms with van der Waals surface area (Å²) in [4.78, 5) is 38.3. The number of nitrogens with one attached hydrogen (secondary N) is 1. The first-order chi connectivity index (χ1) is 12.3. The molecule has 0 bridgehead atoms. The summed E-state index contributed by atoms with van der Waals surface area (Å²) in [5.41, 5.74) is 1.03. The van der Waals surface area contributed by atoms with Crippen molar-refractivity contribution < 1.29 is 19.5 Å². The van der Waals surface area contributed by atoms with Gasteiger partial charge in [-0.25, -0.2) is 4.79 Å². The second kappa shape index (κ2) is 11.1. The first-order valence-corrected chi connectivity index (χ1v) is 8.82. The van der Waals surface area contributed by atoms with Crippen LogP contribution in [0.5, 0.6) is 0 Å². The molecule has 0 saturated heterocycles. The van der Waals surface area contributed by atoms with E-state index in [2.05, 4.69) is 5.32 Å². The zero-order valence-corrected chi connectivity index (χ0v) is 15.8. The lowest BCUT2D eigenvalue weighted by Crippen LogP contribution is -2.40. The molecule has 0 aliphatic rings. The topological polar surface area (TPSA) is 90.0 Å². The number of amides is 3. The van der Waals surface area contributed by atoms with E-state index in [9.17, 15) is 14.4 Å². The van der Waals surface area contributed by atoms with E-state index in [4.69, 9.17) is 5.11 Å². The monoisotopic (exact) mass is 363 g/mol. The van der Waals surface area contributed by atoms with Gasteiger partial charge in [0.05, 0.1) is 6.42 Å². The van der Waals surface area contributed by atoms with Crippen LogP contribution in [-0.2, 0) is 16.1 Å². The molecule has 0 saturated carbocycles. The standard InChI is InChI=1S/C19H29N3O4/c1-15(2)13-22(12-10-18(24)25)17(23)9-11-20-19(26)21(3)14-16-7-5-4-6-8-16/h4-8,15H,9-14H2,1-3H3,(H,20,26)(H,24,25). The average Bonchev–Trinajstić information content (AvgIpc) is 2.58. The number of carbonyl (C=O) groups excluding carboxylic acids is 2. The quantitative estimate of drug-likeness (QED) is 0.667. The van der Waals surface area contributed by atoms with Crippen molar-refractivity contribution in [3.8, 4) is 0 Å². The summed E-state index contributed by atoms with van der Waals surface area (Å²) in [7, 11) is 1.70. The summed E-state index contributed by atoms with van der Waals surface area (Å²) in [5, 5.41) is 11.5. The molecule has 26 heavy (non-hydrogen) atoms. The van der Waals surface area contributed by atoms with Gasteiger partial charge in [-0.3, -0.25) is 9.59 Å². The second-order valence-electron chi connectivity index (χ2n) is 6.70. The summed E-state index contributed by atoms with van der Waals surface area (Å²) < 4.78 is 0. The minimum atomic E-state index is -0.928. The number of aliphatic carboxylic acids is 1. The first kappa shape index (κ1) is 21.5. The van der Waals surface area contributed by atoms with Crippen LogP contribution in [-0.4, -0.2) is 59.5 Å². The number of hydrogen-bond donors (Lipinski definition) is 2. The molecule has 0 radical (unpaired) electrons. The molecule has 7 heteroatoms. The van der Waals surface area contributed by atoms with E-state index in [1.54, 1.807) is 16.8 Å². The molecular weight excluding hydrogens is 334 g/mol. The predicted molar refractivity (Wildman–Crippen MR) is 99.6 cm³/mol. The van der Waals surface area contributed by atoms with Crippen molar-refractivity contribution in [2.45, 2.75) is 33.2 Å². The van der Waals surface area contributed by atoms with E-state index in [1.807, 2.05) is 44.2 Å². The number of urea groups is 1. The summed E-state index contributed by atoms with van der Waals surface area (Å²) in [6, 6.07) is 9.39. The summed E-state index contributed by atoms with van der Waals surface area (Å²) in [6.07, 6.45) is 0.0713. The molecule has 0 aliphatic carbocycles. The van der Waals surface area contributed by atoms with Gasteiger partial charge >= 0.3 is 12.0 Å². The maximum atomic E-state index is 12.3. The third-order valence-electron chi connectivity index (χ3n) is 3.76. The van der Waals surface area contributed by atoms with Gasteiger partial charge in [-0.15, -0.1) is 0 Å². The number of carboxylic acids is 1. The molecule has 0 atom stereocenters. The van der Waals surface area contributed by atoms with Crippen molar-refractivity contribution >= 4 is 17.9 Å². The van der Waals surface area contributed by atoms with Crippen LogP contribution in [0.1, 0.15) is 32.3 Å². The van der Waals surface area contributed by atoms with Gasteiger partial charge in [-0.1, -0.05) is 44.2 Å². The van der Waals surface area contributed by atoms with Gasteiger partial charge in [0.1, 0.15) is 0 Å². The maximum absolute atomic E-state index is 12.3. The Kier molecular flexibility index (Phi) is 9.19. The van der Waals surface area contributed by atoms with Gasteiger partial charge in [0.25, 0.3) is 0 Å². The van der Waals surface area contributed by atoms with E-state index < -0.39 is 5.97 Å². The highest BCUT2D eigenvalue weighted by atomic mass is 16.4. The van der Waals surface area contributed by atoms with Gasteiger partial charge in [0.2, 0.25) is 5.91 Å². The number of benzene rings is 1. The lowest BCUT2D eigenvalue weighted by Gasteiger charge is -2.24. The molecule has 0 aromatic heterocycles. The molecule has 0 unspecified atom stereocenters. The Hall–Kier alpha value is -2.57. The Labute approximate surface area is 155 Å². The van der Waals surface area contributed by atoms with E-state index >= 15 is 0 Å². The van der Waals surface area contributed by atoms with Gasteiger partial charge in [-0.2, -0.15) is 0 Å². The lowest BCUT2D eigenvalue weighted by atomic mass is 10.2. The van der Waals surface area contributed by atoms with Crippen molar-refractivity contribution in [1.82, 2.24) is 15.1 Å². The Morgan fingerprint density at radius 2 is 1.77 bits per heavy atom. The normalized spacial score (nSPS) is 10.5. The Morgan fingerprint density at radius 3 is 2.35 bits per heavy atom. The van der Waals surface area contributed by atoms with Crippen molar-refractivity contribution in [1.29, 1.82) is 0 Å². The zero-order valence-electron chi connectivity index (χ0n) is 15.8. The zero-order chi connectivity index (χ0) is 19.5. The van der Waals surface area contributed by atoms with Crippen LogP contribution in [0.4, 0.5) is 4.79 Å². The number of carbonyl (C=O) groups is 3. The van der Waals surface area contributed by atoms with Crippen molar-refractivity contribution in [3.63, 3.8) is 0 Å². The minimum absolute atomic E-state index is 0.0787. The van der Waals surface area contributed by atoms with Gasteiger partial charge < -0.3 is 20.2 Å². The fourth-order valence-corrected chi connectivity index (χ4v) is 2.49. The summed E-state index contributed by atoms with van der Waals surface area (Å²) in [6.45, 7) is 5.35. The SMILES string of the molecule is CC(C)CN(CCC(=O)O)C(=O)CCNC(=O)N(C)Cc1ccccc1. The third kappa shape index (κ3) is 8.50. The number of carboxylic acid groups (broad SMARTS) is 1. The molecule has 0 spiro atoms. The molecule has 0 heterocycles. The molecule has 1 aromatic rings. The van der Waals surface area contributed by atoms with E-state index in [0.29, 0.717) is 13.1 Å². The largest absolute Gasteiger partial charge is 0.481 e. The highest BCUT2D eigenvalue weighted by Crippen LogP contribution is 2.04. The Bertz CT molecular complexity index is 590. The van der Waals surface area contributed by atoms with Crippen LogP contribution >= 0.6 is 0 Å². The van der Waals surface area contributed by atoms with Gasteiger partial charge in [0, 0.05) is 39.6 Å². The Balaban J connectivity index is 2.41. The molecule has 144 valence electrons. The molecule has 3 amide bonds. The van der Waals surface area contributed by atoms with Crippen LogP contribution in [0.25, 0.3) is 0 Å². The predicted octanol–water partition coefficient (Wildman–Crippen LogP) is 2.18. The maximum Gasteiger partial charge on any atom is 0.317 e. The number of rotatable bonds is 10. The van der Waals surface area contributed by atoms with Crippen LogP contribution in [0.3, 0.4) is 0 Å². The molecule has 1 rings (SSSR count). The fourth-order valence-electron chi connectivity index (χ4n) is 2.49. The number of nitrogens with zero attached hydrogens (tertiary/aromatic N) is 2. The fraction of sp³-hybridized carbons (Fsp3) is 0.526.